The van der Waals surface area contributed by atoms with Gasteiger partial charge in [-0.05, 0) is 50.4 Å². The highest BCUT2D eigenvalue weighted by molar-refractivity contribution is 5.74. The number of urea groups is 1. The minimum atomic E-state index is -0.732. The summed E-state index contributed by atoms with van der Waals surface area (Å²) >= 11 is 0. The van der Waals surface area contributed by atoms with Crippen molar-refractivity contribution in [1.82, 2.24) is 10.2 Å². The zero-order chi connectivity index (χ0) is 14.5. The van der Waals surface area contributed by atoms with Gasteiger partial charge in [0.05, 0.1) is 0 Å². The highest BCUT2D eigenvalue weighted by Crippen LogP contribution is 2.24. The van der Waals surface area contributed by atoms with Crippen LogP contribution in [-0.4, -0.2) is 41.1 Å². The Balaban J connectivity index is 1.70. The number of rotatable bonds is 3. The quantitative estimate of drug-likeness (QED) is 0.835. The second-order valence-corrected chi connectivity index (χ2v) is 6.43. The van der Waals surface area contributed by atoms with E-state index >= 15 is 0 Å². The minimum absolute atomic E-state index is 0.0401. The molecule has 1 heterocycles. The van der Waals surface area contributed by atoms with Crippen molar-refractivity contribution in [1.29, 1.82) is 0 Å². The lowest BCUT2D eigenvalue weighted by Gasteiger charge is -2.34. The number of nitrogens with one attached hydrogen (secondary N) is 1. The van der Waals surface area contributed by atoms with E-state index in [0.717, 1.165) is 31.6 Å². The molecule has 0 atom stereocenters. The van der Waals surface area contributed by atoms with E-state index in [-0.39, 0.29) is 18.4 Å². The Morgan fingerprint density at radius 2 is 1.70 bits per heavy atom. The first kappa shape index (κ1) is 15.1. The number of likely N-dealkylation sites (tertiary alicyclic amines) is 1. The lowest BCUT2D eigenvalue weighted by atomic mass is 9.87. The fourth-order valence-electron chi connectivity index (χ4n) is 3.26. The molecule has 1 saturated carbocycles. The third-order valence-corrected chi connectivity index (χ3v) is 4.71. The van der Waals surface area contributed by atoms with E-state index in [1.165, 1.54) is 12.8 Å². The predicted octanol–water partition coefficient (Wildman–Crippen LogP) is 2.46. The van der Waals surface area contributed by atoms with E-state index in [1.54, 1.807) is 0 Å². The van der Waals surface area contributed by atoms with Crippen molar-refractivity contribution >= 4 is 12.0 Å². The molecule has 1 aliphatic heterocycles. The summed E-state index contributed by atoms with van der Waals surface area (Å²) in [6.45, 7) is 3.64. The van der Waals surface area contributed by atoms with Crippen molar-refractivity contribution in [3.8, 4) is 0 Å². The fourth-order valence-corrected chi connectivity index (χ4v) is 3.26. The lowest BCUT2D eigenvalue weighted by Crippen LogP contribution is -2.48. The van der Waals surface area contributed by atoms with Gasteiger partial charge in [0, 0.05) is 25.6 Å². The molecule has 0 aromatic heterocycles. The van der Waals surface area contributed by atoms with Crippen LogP contribution in [0.2, 0.25) is 0 Å². The van der Waals surface area contributed by atoms with Crippen LogP contribution in [0.5, 0.6) is 0 Å². The first-order chi connectivity index (χ1) is 9.54. The van der Waals surface area contributed by atoms with Gasteiger partial charge in [0.1, 0.15) is 0 Å². The molecular formula is C15H26N2O3. The van der Waals surface area contributed by atoms with Crippen molar-refractivity contribution < 1.29 is 14.7 Å². The summed E-state index contributed by atoms with van der Waals surface area (Å²) in [6.07, 6.45) is 6.42. The highest BCUT2D eigenvalue weighted by Gasteiger charge is 2.26. The molecule has 0 spiro atoms. The van der Waals surface area contributed by atoms with Gasteiger partial charge >= 0.3 is 12.0 Å². The standard InChI is InChI=1S/C15H26N2O3/c1-11-2-4-13(5-3-11)16-15(20)17-8-6-12(7-9-17)10-14(18)19/h11-13H,2-10H2,1H3,(H,16,20)(H,18,19). The van der Waals surface area contributed by atoms with Crippen molar-refractivity contribution in [2.24, 2.45) is 11.8 Å². The van der Waals surface area contributed by atoms with Gasteiger partial charge in [-0.15, -0.1) is 0 Å². The summed E-state index contributed by atoms with van der Waals surface area (Å²) in [5, 5.41) is 11.9. The third-order valence-electron chi connectivity index (χ3n) is 4.71. The summed E-state index contributed by atoms with van der Waals surface area (Å²) in [7, 11) is 0. The number of carboxylic acid groups (broad SMARTS) is 1. The molecule has 0 radical (unpaired) electrons. The van der Waals surface area contributed by atoms with Crippen LogP contribution in [0, 0.1) is 11.8 Å². The first-order valence-electron chi connectivity index (χ1n) is 7.82. The average molecular weight is 282 g/mol. The van der Waals surface area contributed by atoms with Crippen molar-refractivity contribution in [2.45, 2.75) is 57.9 Å². The second-order valence-electron chi connectivity index (χ2n) is 6.43. The van der Waals surface area contributed by atoms with Crippen LogP contribution in [-0.2, 0) is 4.79 Å². The number of amides is 2. The Morgan fingerprint density at radius 1 is 1.10 bits per heavy atom. The van der Waals surface area contributed by atoms with Gasteiger partial charge in [-0.1, -0.05) is 6.92 Å². The Morgan fingerprint density at radius 3 is 2.25 bits per heavy atom. The Hall–Kier alpha value is -1.26. The van der Waals surface area contributed by atoms with Gasteiger partial charge in [-0.25, -0.2) is 4.79 Å². The first-order valence-corrected chi connectivity index (χ1v) is 7.82. The maximum Gasteiger partial charge on any atom is 0.317 e. The zero-order valence-corrected chi connectivity index (χ0v) is 12.3. The van der Waals surface area contributed by atoms with Crippen LogP contribution in [0.4, 0.5) is 4.79 Å². The molecule has 5 heteroatoms. The molecule has 2 rings (SSSR count). The molecule has 114 valence electrons. The van der Waals surface area contributed by atoms with Crippen LogP contribution in [0.25, 0.3) is 0 Å². The van der Waals surface area contributed by atoms with Crippen molar-refractivity contribution in [3.63, 3.8) is 0 Å². The summed E-state index contributed by atoms with van der Waals surface area (Å²) < 4.78 is 0. The number of aliphatic carboxylic acids is 1. The summed E-state index contributed by atoms with van der Waals surface area (Å²) in [4.78, 5) is 24.7. The van der Waals surface area contributed by atoms with Gasteiger partial charge in [0.25, 0.3) is 0 Å². The second kappa shape index (κ2) is 6.95. The normalized spacial score (nSPS) is 28.1. The Bertz CT molecular complexity index is 343. The third kappa shape index (κ3) is 4.39. The van der Waals surface area contributed by atoms with Gasteiger partial charge in [-0.3, -0.25) is 4.79 Å². The number of hydrogen-bond acceptors (Lipinski definition) is 2. The van der Waals surface area contributed by atoms with Gasteiger partial charge in [0.2, 0.25) is 0 Å². The zero-order valence-electron chi connectivity index (χ0n) is 12.3. The number of nitrogens with zero attached hydrogens (tertiary/aromatic N) is 1. The lowest BCUT2D eigenvalue weighted by molar-refractivity contribution is -0.138. The average Bonchev–Trinajstić information content (AvgIpc) is 2.41. The van der Waals surface area contributed by atoms with Crippen LogP contribution >= 0.6 is 0 Å². The predicted molar refractivity (Wildman–Crippen MR) is 76.5 cm³/mol. The number of carbonyl (C=O) groups is 2. The summed E-state index contributed by atoms with van der Waals surface area (Å²) in [5.74, 6) is 0.284. The smallest absolute Gasteiger partial charge is 0.317 e. The molecule has 1 aliphatic carbocycles. The molecule has 20 heavy (non-hydrogen) atoms. The highest BCUT2D eigenvalue weighted by atomic mass is 16.4. The molecule has 0 bridgehead atoms. The van der Waals surface area contributed by atoms with E-state index in [9.17, 15) is 9.59 Å². The van der Waals surface area contributed by atoms with Crippen LogP contribution in [0.15, 0.2) is 0 Å². The maximum absolute atomic E-state index is 12.2. The van der Waals surface area contributed by atoms with E-state index in [0.29, 0.717) is 19.1 Å². The van der Waals surface area contributed by atoms with Crippen LogP contribution in [0.1, 0.15) is 51.9 Å². The Kier molecular flexibility index (Phi) is 5.26. The minimum Gasteiger partial charge on any atom is -0.481 e. The van der Waals surface area contributed by atoms with Crippen molar-refractivity contribution in [2.75, 3.05) is 13.1 Å². The number of carboxylic acids is 1. The monoisotopic (exact) mass is 282 g/mol. The van der Waals surface area contributed by atoms with E-state index < -0.39 is 5.97 Å². The molecule has 2 fully saturated rings. The molecule has 2 amide bonds. The van der Waals surface area contributed by atoms with Gasteiger partial charge in [0.15, 0.2) is 0 Å². The molecule has 0 unspecified atom stereocenters. The van der Waals surface area contributed by atoms with Crippen LogP contribution < -0.4 is 5.32 Å². The molecule has 1 saturated heterocycles. The molecule has 2 aliphatic rings. The van der Waals surface area contributed by atoms with Crippen molar-refractivity contribution in [3.05, 3.63) is 0 Å². The molecule has 0 aromatic rings. The topological polar surface area (TPSA) is 69.6 Å². The SMILES string of the molecule is CC1CCC(NC(=O)N2CCC(CC(=O)O)CC2)CC1. The number of piperidine rings is 1. The van der Waals surface area contributed by atoms with E-state index in [1.807, 2.05) is 4.90 Å². The van der Waals surface area contributed by atoms with E-state index in [4.69, 9.17) is 5.11 Å². The maximum atomic E-state index is 12.2. The summed E-state index contributed by atoms with van der Waals surface area (Å²) in [5.41, 5.74) is 0. The Labute approximate surface area is 120 Å². The van der Waals surface area contributed by atoms with Gasteiger partial charge in [-0.2, -0.15) is 0 Å². The summed E-state index contributed by atoms with van der Waals surface area (Å²) in [6, 6.07) is 0.369. The van der Waals surface area contributed by atoms with Gasteiger partial charge < -0.3 is 15.3 Å². The number of hydrogen-bond donors (Lipinski definition) is 2. The van der Waals surface area contributed by atoms with E-state index in [2.05, 4.69) is 12.2 Å². The van der Waals surface area contributed by atoms with Crippen LogP contribution in [0.3, 0.4) is 0 Å². The fraction of sp³-hybridized carbons (Fsp3) is 0.867. The largest absolute Gasteiger partial charge is 0.481 e. The number of carbonyl (C=O) groups excluding carboxylic acids is 1. The molecular weight excluding hydrogens is 256 g/mol. The molecule has 5 nitrogen and oxygen atoms in total. The molecule has 2 N–H and O–H groups in total. The molecule has 0 aromatic carbocycles.